The molecule has 1 nitrogen and oxygen atoms in total. The van der Waals surface area contributed by atoms with Crippen LogP contribution in [0.2, 0.25) is 0 Å². The van der Waals surface area contributed by atoms with Crippen molar-refractivity contribution in [2.75, 3.05) is 13.1 Å². The van der Waals surface area contributed by atoms with Gasteiger partial charge in [-0.3, -0.25) is 4.67 Å². The molecular weight excluding hydrogens is 237 g/mol. The van der Waals surface area contributed by atoms with Crippen molar-refractivity contribution < 1.29 is 0 Å². The van der Waals surface area contributed by atoms with Crippen LogP contribution in [0.4, 0.5) is 0 Å². The van der Waals surface area contributed by atoms with Crippen molar-refractivity contribution in [2.24, 2.45) is 5.41 Å². The van der Waals surface area contributed by atoms with Gasteiger partial charge in [0.05, 0.1) is 0 Å². The molecule has 0 bridgehead atoms. The third-order valence-electron chi connectivity index (χ3n) is 3.37. The van der Waals surface area contributed by atoms with Gasteiger partial charge in [-0.25, -0.2) is 0 Å². The molecule has 1 aliphatic heterocycles. The zero-order valence-corrected chi connectivity index (χ0v) is 13.1. The zero-order chi connectivity index (χ0) is 13.3. The molecule has 98 valence electrons. The number of hydrogen-bond donors (Lipinski definition) is 0. The Kier molecular flexibility index (Phi) is 3.94. The van der Waals surface area contributed by atoms with Crippen molar-refractivity contribution in [1.82, 2.24) is 4.67 Å². The summed E-state index contributed by atoms with van der Waals surface area (Å²) >= 11 is 0. The minimum Gasteiger partial charge on any atom is -0.276 e. The first-order valence-corrected chi connectivity index (χ1v) is 8.15. The van der Waals surface area contributed by atoms with E-state index in [-0.39, 0.29) is 8.07 Å². The fourth-order valence-corrected chi connectivity index (χ4v) is 5.54. The highest BCUT2D eigenvalue weighted by Gasteiger charge is 2.46. The van der Waals surface area contributed by atoms with E-state index in [0.29, 0.717) is 5.41 Å². The molecule has 0 saturated carbocycles. The van der Waals surface area contributed by atoms with Gasteiger partial charge in [-0.05, 0) is 29.4 Å². The summed E-state index contributed by atoms with van der Waals surface area (Å²) < 4.78 is 2.62. The topological polar surface area (TPSA) is 3.24 Å². The summed E-state index contributed by atoms with van der Waals surface area (Å²) in [6.07, 6.45) is 0. The predicted molar refractivity (Wildman–Crippen MR) is 82.7 cm³/mol. The Morgan fingerprint density at radius 2 is 1.56 bits per heavy atom. The third-order valence-corrected chi connectivity index (χ3v) is 6.50. The van der Waals surface area contributed by atoms with Gasteiger partial charge in [-0.2, -0.15) is 0 Å². The third kappa shape index (κ3) is 2.53. The highest BCUT2D eigenvalue weighted by atomic mass is 31.1. The Hall–Kier alpha value is -0.650. The largest absolute Gasteiger partial charge is 0.276 e. The minimum absolute atomic E-state index is 0.139. The molecule has 0 saturated heterocycles. The second kappa shape index (κ2) is 5.15. The lowest BCUT2D eigenvalue weighted by atomic mass is 9.95. The summed E-state index contributed by atoms with van der Waals surface area (Å²) in [5.74, 6) is 0. The number of allylic oxidation sites excluding steroid dienone is 1. The number of nitrogens with zero attached hydrogens (tertiary/aromatic N) is 1. The van der Waals surface area contributed by atoms with E-state index >= 15 is 0 Å². The van der Waals surface area contributed by atoms with E-state index < -0.39 is 0 Å². The summed E-state index contributed by atoms with van der Waals surface area (Å²) in [6.45, 7) is 13.9. The molecule has 2 rings (SSSR count). The second-order valence-corrected chi connectivity index (χ2v) is 7.85. The van der Waals surface area contributed by atoms with Gasteiger partial charge in [0.25, 0.3) is 0 Å². The molecule has 0 amide bonds. The monoisotopic (exact) mass is 261 g/mol. The lowest BCUT2D eigenvalue weighted by Gasteiger charge is -2.23. The molecule has 2 heteroatoms. The van der Waals surface area contributed by atoms with Crippen molar-refractivity contribution in [3.8, 4) is 0 Å². The lowest BCUT2D eigenvalue weighted by molar-refractivity contribution is 0.501. The SMILES string of the molecule is CCN(CC)[P@@]1C(c2ccccc2)=C1C(C)(C)C. The highest BCUT2D eigenvalue weighted by Crippen LogP contribution is 2.80. The summed E-state index contributed by atoms with van der Waals surface area (Å²) in [4.78, 5) is 0. The Bertz CT molecular complexity index is 438. The molecule has 1 aliphatic rings. The highest BCUT2D eigenvalue weighted by molar-refractivity contribution is 7.79. The molecule has 0 fully saturated rings. The molecule has 0 radical (unpaired) electrons. The van der Waals surface area contributed by atoms with Crippen molar-refractivity contribution in [1.29, 1.82) is 0 Å². The fraction of sp³-hybridized carbons (Fsp3) is 0.500. The molecule has 0 unspecified atom stereocenters. The second-order valence-electron chi connectivity index (χ2n) is 5.76. The van der Waals surface area contributed by atoms with Gasteiger partial charge in [-0.15, -0.1) is 0 Å². The Morgan fingerprint density at radius 3 is 2.00 bits per heavy atom. The average Bonchev–Trinajstić information content (AvgIpc) is 3.07. The first kappa shape index (κ1) is 13.8. The van der Waals surface area contributed by atoms with Crippen molar-refractivity contribution in [3.63, 3.8) is 0 Å². The van der Waals surface area contributed by atoms with Crippen LogP contribution in [-0.4, -0.2) is 17.8 Å². The molecule has 18 heavy (non-hydrogen) atoms. The molecule has 1 aromatic rings. The Morgan fingerprint density at radius 1 is 1.00 bits per heavy atom. The van der Waals surface area contributed by atoms with E-state index in [1.165, 1.54) is 5.56 Å². The minimum atomic E-state index is -0.139. The number of rotatable bonds is 4. The van der Waals surface area contributed by atoms with Crippen LogP contribution < -0.4 is 0 Å². The van der Waals surface area contributed by atoms with Crippen LogP contribution in [0.15, 0.2) is 35.6 Å². The quantitative estimate of drug-likeness (QED) is 0.677. The maximum atomic E-state index is 2.62. The van der Waals surface area contributed by atoms with Gasteiger partial charge in [-0.1, -0.05) is 65.0 Å². The molecule has 0 N–H and O–H groups in total. The Balaban J connectivity index is 2.33. The van der Waals surface area contributed by atoms with Crippen LogP contribution >= 0.6 is 8.07 Å². The molecule has 1 aromatic carbocycles. The molecule has 0 aliphatic carbocycles. The normalized spacial score (nSPS) is 19.6. The maximum Gasteiger partial charge on any atom is 0.0261 e. The maximum absolute atomic E-state index is 2.62. The summed E-state index contributed by atoms with van der Waals surface area (Å²) in [5.41, 5.74) is 1.74. The lowest BCUT2D eigenvalue weighted by Crippen LogP contribution is -2.14. The van der Waals surface area contributed by atoms with Gasteiger partial charge < -0.3 is 0 Å². The van der Waals surface area contributed by atoms with E-state index in [1.54, 1.807) is 10.6 Å². The van der Waals surface area contributed by atoms with Gasteiger partial charge in [0.15, 0.2) is 0 Å². The molecule has 1 heterocycles. The van der Waals surface area contributed by atoms with E-state index in [0.717, 1.165) is 13.1 Å². The first-order valence-electron chi connectivity index (χ1n) is 6.85. The standard InChI is InChI=1S/C16H24NP/c1-6-17(7-2)18-14(15(18)16(3,4)5)13-11-9-8-10-12-13/h8-12H,6-7H2,1-5H3/t18-/m0/s1. The van der Waals surface area contributed by atoms with Crippen LogP contribution in [-0.2, 0) is 0 Å². The van der Waals surface area contributed by atoms with Crippen molar-refractivity contribution in [3.05, 3.63) is 41.2 Å². The van der Waals surface area contributed by atoms with Crippen LogP contribution in [0.5, 0.6) is 0 Å². The van der Waals surface area contributed by atoms with Gasteiger partial charge in [0.1, 0.15) is 0 Å². The van der Waals surface area contributed by atoms with E-state index in [9.17, 15) is 0 Å². The van der Waals surface area contributed by atoms with Crippen LogP contribution in [0.3, 0.4) is 0 Å². The van der Waals surface area contributed by atoms with Crippen molar-refractivity contribution >= 4 is 13.4 Å². The van der Waals surface area contributed by atoms with E-state index in [2.05, 4.69) is 69.6 Å². The molecule has 0 spiro atoms. The number of benzene rings is 1. The van der Waals surface area contributed by atoms with Gasteiger partial charge >= 0.3 is 0 Å². The zero-order valence-electron chi connectivity index (χ0n) is 12.2. The molecular formula is C16H24NP. The predicted octanol–water partition coefficient (Wildman–Crippen LogP) is 5.15. The fourth-order valence-electron chi connectivity index (χ4n) is 2.47. The van der Waals surface area contributed by atoms with Crippen LogP contribution in [0.25, 0.3) is 5.31 Å². The van der Waals surface area contributed by atoms with Crippen molar-refractivity contribution in [2.45, 2.75) is 34.6 Å². The van der Waals surface area contributed by atoms with E-state index in [1.807, 2.05) is 0 Å². The summed E-state index contributed by atoms with van der Waals surface area (Å²) in [5, 5.41) is 3.31. The van der Waals surface area contributed by atoms with Gasteiger partial charge in [0, 0.05) is 13.4 Å². The average molecular weight is 261 g/mol. The smallest absolute Gasteiger partial charge is 0.0261 e. The van der Waals surface area contributed by atoms with E-state index in [4.69, 9.17) is 0 Å². The first-order chi connectivity index (χ1) is 8.50. The number of hydrogen-bond acceptors (Lipinski definition) is 1. The van der Waals surface area contributed by atoms with Crippen LogP contribution in [0.1, 0.15) is 40.2 Å². The van der Waals surface area contributed by atoms with Crippen LogP contribution in [0, 0.1) is 5.41 Å². The van der Waals surface area contributed by atoms with Gasteiger partial charge in [0.2, 0.25) is 0 Å². The summed E-state index contributed by atoms with van der Waals surface area (Å²) in [6, 6.07) is 10.9. The Labute approximate surface area is 113 Å². The molecule has 1 atom stereocenters. The molecule has 0 aromatic heterocycles. The summed E-state index contributed by atoms with van der Waals surface area (Å²) in [7, 11) is -0.139.